The number of piperazine rings is 1. The van der Waals surface area contributed by atoms with Gasteiger partial charge in [-0.3, -0.25) is 4.79 Å². The molecule has 0 bridgehead atoms. The molecule has 0 atom stereocenters. The van der Waals surface area contributed by atoms with Crippen LogP contribution in [0.3, 0.4) is 0 Å². The quantitative estimate of drug-likeness (QED) is 0.649. The van der Waals surface area contributed by atoms with Gasteiger partial charge in [0.2, 0.25) is 0 Å². The number of likely N-dealkylation sites (N-methyl/N-ethyl adjacent to an activating group) is 1. The maximum absolute atomic E-state index is 12.5. The number of hydrogen-bond donors (Lipinski definition) is 0. The van der Waals surface area contributed by atoms with E-state index < -0.39 is 0 Å². The fourth-order valence-electron chi connectivity index (χ4n) is 2.06. The minimum absolute atomic E-state index is 0.150. The predicted molar refractivity (Wildman–Crippen MR) is 85.0 cm³/mol. The first-order valence-electron chi connectivity index (χ1n) is 5.92. The largest absolute Gasteiger partial charge is 0.336 e. The monoisotopic (exact) mass is 422 g/mol. The summed E-state index contributed by atoms with van der Waals surface area (Å²) in [7, 11) is 2.09. The molecule has 18 heavy (non-hydrogen) atoms. The molecule has 0 unspecified atom stereocenters. The summed E-state index contributed by atoms with van der Waals surface area (Å²) < 4.78 is 2.00. The van der Waals surface area contributed by atoms with Crippen LogP contribution in [0.4, 0.5) is 0 Å². The van der Waals surface area contributed by atoms with Crippen LogP contribution in [0.15, 0.2) is 16.6 Å². The lowest BCUT2D eigenvalue weighted by Crippen LogP contribution is -2.47. The van der Waals surface area contributed by atoms with Gasteiger partial charge in [-0.15, -0.1) is 0 Å². The molecule has 1 saturated heterocycles. The summed E-state index contributed by atoms with van der Waals surface area (Å²) in [6.45, 7) is 5.56. The van der Waals surface area contributed by atoms with E-state index in [1.54, 1.807) is 0 Å². The number of halogens is 2. The van der Waals surface area contributed by atoms with Crippen LogP contribution < -0.4 is 0 Å². The Balaban J connectivity index is 2.23. The molecule has 1 heterocycles. The molecule has 0 aliphatic carbocycles. The summed E-state index contributed by atoms with van der Waals surface area (Å²) in [6.07, 6.45) is 0. The van der Waals surface area contributed by atoms with Crippen LogP contribution in [0.2, 0.25) is 0 Å². The normalized spacial score (nSPS) is 17.0. The maximum atomic E-state index is 12.5. The van der Waals surface area contributed by atoms with Gasteiger partial charge in [0, 0.05) is 34.2 Å². The molecule has 1 amide bonds. The predicted octanol–water partition coefficient (Wildman–Crippen LogP) is 2.75. The number of carbonyl (C=O) groups excluding carboxylic acids is 1. The van der Waals surface area contributed by atoms with E-state index in [1.165, 1.54) is 0 Å². The van der Waals surface area contributed by atoms with Gasteiger partial charge in [-0.2, -0.15) is 0 Å². The molecular weight excluding hydrogens is 407 g/mol. The molecule has 1 aliphatic heterocycles. The Morgan fingerprint density at radius 1 is 1.28 bits per heavy atom. The van der Waals surface area contributed by atoms with Crippen molar-refractivity contribution in [1.82, 2.24) is 9.80 Å². The second-order valence-electron chi connectivity index (χ2n) is 4.70. The molecule has 1 aliphatic rings. The van der Waals surface area contributed by atoms with Gasteiger partial charge in [-0.05, 0) is 70.2 Å². The van der Waals surface area contributed by atoms with Crippen molar-refractivity contribution in [2.45, 2.75) is 6.92 Å². The van der Waals surface area contributed by atoms with E-state index in [0.717, 1.165) is 45.3 Å². The maximum Gasteiger partial charge on any atom is 0.255 e. The second-order valence-corrected chi connectivity index (χ2v) is 6.64. The number of hydrogen-bond acceptors (Lipinski definition) is 2. The van der Waals surface area contributed by atoms with Gasteiger partial charge in [0.1, 0.15) is 0 Å². The van der Waals surface area contributed by atoms with Crippen LogP contribution >= 0.6 is 38.5 Å². The Bertz CT molecular complexity index is 470. The molecule has 0 spiro atoms. The standard InChI is InChI=1S/C13H16BrIN2O/c1-9-7-10(12(15)11(14)8-9)13(18)17-5-3-16(2)4-6-17/h7-8H,3-6H2,1-2H3. The lowest BCUT2D eigenvalue weighted by Gasteiger charge is -2.32. The van der Waals surface area contributed by atoms with E-state index in [1.807, 2.05) is 24.0 Å². The van der Waals surface area contributed by atoms with Crippen molar-refractivity contribution < 1.29 is 4.79 Å². The van der Waals surface area contributed by atoms with Gasteiger partial charge in [-0.1, -0.05) is 0 Å². The Morgan fingerprint density at radius 3 is 2.50 bits per heavy atom. The average Bonchev–Trinajstić information content (AvgIpc) is 2.34. The highest BCUT2D eigenvalue weighted by molar-refractivity contribution is 14.1. The summed E-state index contributed by atoms with van der Waals surface area (Å²) in [5.74, 6) is 0.150. The van der Waals surface area contributed by atoms with Crippen molar-refractivity contribution in [3.8, 4) is 0 Å². The number of rotatable bonds is 1. The van der Waals surface area contributed by atoms with Crippen LogP contribution in [-0.4, -0.2) is 48.9 Å². The Kier molecular flexibility index (Phi) is 4.66. The number of nitrogens with zero attached hydrogens (tertiary/aromatic N) is 2. The minimum Gasteiger partial charge on any atom is -0.336 e. The summed E-state index contributed by atoms with van der Waals surface area (Å²) >= 11 is 5.74. The molecular formula is C13H16BrIN2O. The zero-order valence-electron chi connectivity index (χ0n) is 10.5. The molecule has 0 saturated carbocycles. The highest BCUT2D eigenvalue weighted by atomic mass is 127. The number of carbonyl (C=O) groups is 1. The van der Waals surface area contributed by atoms with Gasteiger partial charge < -0.3 is 9.80 Å². The van der Waals surface area contributed by atoms with Crippen molar-refractivity contribution in [3.63, 3.8) is 0 Å². The number of aryl methyl sites for hydroxylation is 1. The summed E-state index contributed by atoms with van der Waals surface area (Å²) in [4.78, 5) is 16.7. The molecule has 98 valence electrons. The van der Waals surface area contributed by atoms with E-state index >= 15 is 0 Å². The van der Waals surface area contributed by atoms with Crippen molar-refractivity contribution in [2.24, 2.45) is 0 Å². The van der Waals surface area contributed by atoms with Crippen LogP contribution in [0, 0.1) is 10.5 Å². The smallest absolute Gasteiger partial charge is 0.255 e. The third kappa shape index (κ3) is 3.05. The molecule has 3 nitrogen and oxygen atoms in total. The summed E-state index contributed by atoms with van der Waals surface area (Å²) in [6, 6.07) is 4.02. The Morgan fingerprint density at radius 2 is 1.89 bits per heavy atom. The van der Waals surface area contributed by atoms with E-state index in [-0.39, 0.29) is 5.91 Å². The van der Waals surface area contributed by atoms with Crippen molar-refractivity contribution in [2.75, 3.05) is 33.2 Å². The van der Waals surface area contributed by atoms with Crippen LogP contribution in [-0.2, 0) is 0 Å². The first kappa shape index (κ1) is 14.3. The van der Waals surface area contributed by atoms with Gasteiger partial charge in [0.15, 0.2) is 0 Å². The van der Waals surface area contributed by atoms with Crippen LogP contribution in [0.1, 0.15) is 15.9 Å². The van der Waals surface area contributed by atoms with Crippen molar-refractivity contribution in [3.05, 3.63) is 31.3 Å². The van der Waals surface area contributed by atoms with Gasteiger partial charge in [0.05, 0.1) is 5.56 Å². The molecule has 0 N–H and O–H groups in total. The van der Waals surface area contributed by atoms with Crippen molar-refractivity contribution in [1.29, 1.82) is 0 Å². The third-order valence-corrected chi connectivity index (χ3v) is 5.72. The van der Waals surface area contributed by atoms with Gasteiger partial charge in [0.25, 0.3) is 5.91 Å². The molecule has 0 radical (unpaired) electrons. The fourth-order valence-corrected chi connectivity index (χ4v) is 3.18. The lowest BCUT2D eigenvalue weighted by atomic mass is 10.1. The SMILES string of the molecule is Cc1cc(Br)c(I)c(C(=O)N2CCN(C)CC2)c1. The number of benzene rings is 1. The van der Waals surface area contributed by atoms with Crippen molar-refractivity contribution >= 4 is 44.4 Å². The van der Waals surface area contributed by atoms with E-state index in [0.29, 0.717) is 0 Å². The highest BCUT2D eigenvalue weighted by Gasteiger charge is 2.22. The second kappa shape index (κ2) is 5.88. The van der Waals surface area contributed by atoms with E-state index in [2.05, 4.69) is 50.5 Å². The minimum atomic E-state index is 0.150. The zero-order valence-corrected chi connectivity index (χ0v) is 14.3. The molecule has 5 heteroatoms. The van der Waals surface area contributed by atoms with E-state index in [9.17, 15) is 4.79 Å². The molecule has 1 aromatic rings. The topological polar surface area (TPSA) is 23.6 Å². The van der Waals surface area contributed by atoms with Crippen LogP contribution in [0.5, 0.6) is 0 Å². The van der Waals surface area contributed by atoms with Gasteiger partial charge in [-0.25, -0.2) is 0 Å². The molecule has 1 aromatic carbocycles. The Hall–Kier alpha value is -0.140. The molecule has 1 fully saturated rings. The summed E-state index contributed by atoms with van der Waals surface area (Å²) in [5.41, 5.74) is 1.92. The molecule has 0 aromatic heterocycles. The summed E-state index contributed by atoms with van der Waals surface area (Å²) in [5, 5.41) is 0. The first-order chi connectivity index (χ1) is 8.49. The highest BCUT2D eigenvalue weighted by Crippen LogP contribution is 2.26. The van der Waals surface area contributed by atoms with Gasteiger partial charge >= 0.3 is 0 Å². The third-order valence-electron chi connectivity index (χ3n) is 3.19. The average molecular weight is 423 g/mol. The van der Waals surface area contributed by atoms with Crippen LogP contribution in [0.25, 0.3) is 0 Å². The first-order valence-corrected chi connectivity index (χ1v) is 7.79. The molecule has 2 rings (SSSR count). The van der Waals surface area contributed by atoms with E-state index in [4.69, 9.17) is 0 Å². The fraction of sp³-hybridized carbons (Fsp3) is 0.462. The lowest BCUT2D eigenvalue weighted by molar-refractivity contribution is 0.0663. The number of amides is 1. The Labute approximate surface area is 130 Å². The zero-order chi connectivity index (χ0) is 13.3.